The van der Waals surface area contributed by atoms with Gasteiger partial charge in [-0.2, -0.15) is 5.10 Å². The fourth-order valence-corrected chi connectivity index (χ4v) is 2.28. The van der Waals surface area contributed by atoms with E-state index in [1.807, 2.05) is 54.3 Å². The largest absolute Gasteiger partial charge is 0.366 e. The normalized spacial score (nSPS) is 10.8. The van der Waals surface area contributed by atoms with Gasteiger partial charge in [0.25, 0.3) is 0 Å². The first kappa shape index (κ1) is 11.5. The molecule has 0 fully saturated rings. The Kier molecular flexibility index (Phi) is 2.56. The highest BCUT2D eigenvalue weighted by molar-refractivity contribution is 6.00. The van der Waals surface area contributed by atoms with E-state index in [0.717, 1.165) is 22.0 Å². The predicted octanol–water partition coefficient (Wildman–Crippen LogP) is 2.34. The van der Waals surface area contributed by atoms with Gasteiger partial charge in [0.05, 0.1) is 11.7 Å². The van der Waals surface area contributed by atoms with E-state index in [1.54, 1.807) is 6.07 Å². The molecule has 2 aromatic carbocycles. The molecule has 0 aliphatic heterocycles. The van der Waals surface area contributed by atoms with Gasteiger partial charge < -0.3 is 5.73 Å². The van der Waals surface area contributed by atoms with E-state index in [-0.39, 0.29) is 0 Å². The monoisotopic (exact) mass is 251 g/mol. The number of amides is 1. The van der Waals surface area contributed by atoms with Gasteiger partial charge in [0.2, 0.25) is 5.91 Å². The molecule has 3 rings (SSSR count). The smallest absolute Gasteiger partial charge is 0.249 e. The van der Waals surface area contributed by atoms with E-state index in [1.165, 1.54) is 0 Å². The van der Waals surface area contributed by atoms with Crippen LogP contribution in [-0.2, 0) is 7.05 Å². The molecule has 0 atom stereocenters. The molecule has 0 spiro atoms. The number of hydrogen-bond donors (Lipinski definition) is 1. The third kappa shape index (κ3) is 1.87. The first-order valence-corrected chi connectivity index (χ1v) is 5.98. The lowest BCUT2D eigenvalue weighted by Gasteiger charge is -2.07. The first-order chi connectivity index (χ1) is 9.16. The second-order valence-electron chi connectivity index (χ2n) is 4.45. The lowest BCUT2D eigenvalue weighted by molar-refractivity contribution is 0.100. The number of primary amides is 1. The maximum atomic E-state index is 11.5. The number of carbonyl (C=O) groups excluding carboxylic acids is 1. The molecule has 4 nitrogen and oxygen atoms in total. The van der Waals surface area contributed by atoms with Crippen LogP contribution in [0.3, 0.4) is 0 Å². The van der Waals surface area contributed by atoms with Crippen LogP contribution in [0.5, 0.6) is 0 Å². The lowest BCUT2D eigenvalue weighted by Crippen LogP contribution is -2.12. The Morgan fingerprint density at radius 3 is 2.79 bits per heavy atom. The van der Waals surface area contributed by atoms with Crippen LogP contribution in [-0.4, -0.2) is 15.7 Å². The Morgan fingerprint density at radius 1 is 1.21 bits per heavy atom. The first-order valence-electron chi connectivity index (χ1n) is 5.98. The van der Waals surface area contributed by atoms with E-state index >= 15 is 0 Å². The van der Waals surface area contributed by atoms with E-state index in [9.17, 15) is 4.79 Å². The SMILES string of the molecule is Cn1ncc2cc(-c3ccccc3C(N)=O)ccc21. The average Bonchev–Trinajstić information content (AvgIpc) is 2.80. The molecule has 4 heteroatoms. The Balaban J connectivity index is 2.22. The number of hydrogen-bond acceptors (Lipinski definition) is 2. The third-order valence-electron chi connectivity index (χ3n) is 3.25. The van der Waals surface area contributed by atoms with Crippen molar-refractivity contribution in [3.05, 3.63) is 54.2 Å². The van der Waals surface area contributed by atoms with E-state index in [2.05, 4.69) is 5.10 Å². The van der Waals surface area contributed by atoms with Crippen LogP contribution in [0, 0.1) is 0 Å². The summed E-state index contributed by atoms with van der Waals surface area (Å²) < 4.78 is 1.82. The maximum Gasteiger partial charge on any atom is 0.249 e. The molecule has 94 valence electrons. The van der Waals surface area contributed by atoms with Gasteiger partial charge >= 0.3 is 0 Å². The lowest BCUT2D eigenvalue weighted by atomic mass is 9.98. The van der Waals surface area contributed by atoms with E-state index < -0.39 is 5.91 Å². The second-order valence-corrected chi connectivity index (χ2v) is 4.45. The van der Waals surface area contributed by atoms with Gasteiger partial charge in [-0.25, -0.2) is 0 Å². The summed E-state index contributed by atoms with van der Waals surface area (Å²) in [6.07, 6.45) is 1.81. The standard InChI is InChI=1S/C15H13N3O/c1-18-14-7-6-10(8-11(14)9-17-18)12-4-2-3-5-13(12)15(16)19/h2-9H,1H3,(H2,16,19). The zero-order chi connectivity index (χ0) is 13.4. The Bertz CT molecular complexity index is 774. The minimum absolute atomic E-state index is 0.415. The molecule has 0 radical (unpaired) electrons. The molecule has 0 unspecified atom stereocenters. The van der Waals surface area contributed by atoms with E-state index in [0.29, 0.717) is 5.56 Å². The number of fused-ring (bicyclic) bond motifs is 1. The van der Waals surface area contributed by atoms with Gasteiger partial charge in [0, 0.05) is 18.0 Å². The fraction of sp³-hybridized carbons (Fsp3) is 0.0667. The van der Waals surface area contributed by atoms with Gasteiger partial charge in [0.1, 0.15) is 0 Å². The van der Waals surface area contributed by atoms with Crippen molar-refractivity contribution in [1.82, 2.24) is 9.78 Å². The van der Waals surface area contributed by atoms with Gasteiger partial charge in [-0.05, 0) is 29.3 Å². The van der Waals surface area contributed by atoms with Crippen molar-refractivity contribution in [2.24, 2.45) is 12.8 Å². The van der Waals surface area contributed by atoms with Crippen molar-refractivity contribution >= 4 is 16.8 Å². The highest BCUT2D eigenvalue weighted by Gasteiger charge is 2.10. The molecule has 19 heavy (non-hydrogen) atoms. The molecule has 0 bridgehead atoms. The number of carbonyl (C=O) groups is 1. The molecule has 1 amide bonds. The number of benzene rings is 2. The van der Waals surface area contributed by atoms with Gasteiger partial charge in [-0.3, -0.25) is 9.48 Å². The molecular weight excluding hydrogens is 238 g/mol. The molecule has 0 aliphatic rings. The van der Waals surface area contributed by atoms with Crippen LogP contribution >= 0.6 is 0 Å². The fourth-order valence-electron chi connectivity index (χ4n) is 2.28. The van der Waals surface area contributed by atoms with Gasteiger partial charge in [-0.15, -0.1) is 0 Å². The molecule has 3 aromatic rings. The third-order valence-corrected chi connectivity index (χ3v) is 3.25. The topological polar surface area (TPSA) is 60.9 Å². The van der Waals surface area contributed by atoms with Crippen molar-refractivity contribution in [3.63, 3.8) is 0 Å². The maximum absolute atomic E-state index is 11.5. The number of aryl methyl sites for hydroxylation is 1. The number of rotatable bonds is 2. The Labute approximate surface area is 110 Å². The zero-order valence-corrected chi connectivity index (χ0v) is 10.5. The van der Waals surface area contributed by atoms with Crippen molar-refractivity contribution in [1.29, 1.82) is 0 Å². The van der Waals surface area contributed by atoms with Crippen molar-refractivity contribution in [2.45, 2.75) is 0 Å². The highest BCUT2D eigenvalue weighted by atomic mass is 16.1. The Hall–Kier alpha value is -2.62. The van der Waals surface area contributed by atoms with Crippen LogP contribution in [0.25, 0.3) is 22.0 Å². The summed E-state index contributed by atoms with van der Waals surface area (Å²) >= 11 is 0. The number of nitrogens with zero attached hydrogens (tertiary/aromatic N) is 2. The van der Waals surface area contributed by atoms with Crippen molar-refractivity contribution in [2.75, 3.05) is 0 Å². The number of aromatic nitrogens is 2. The number of nitrogens with two attached hydrogens (primary N) is 1. The quantitative estimate of drug-likeness (QED) is 0.760. The predicted molar refractivity (Wildman–Crippen MR) is 74.7 cm³/mol. The van der Waals surface area contributed by atoms with Crippen LogP contribution in [0.4, 0.5) is 0 Å². The van der Waals surface area contributed by atoms with Crippen molar-refractivity contribution < 1.29 is 4.79 Å². The summed E-state index contributed by atoms with van der Waals surface area (Å²) in [5, 5.41) is 5.25. The molecule has 0 saturated carbocycles. The molecule has 2 N–H and O–H groups in total. The molecule has 0 saturated heterocycles. The average molecular weight is 251 g/mol. The summed E-state index contributed by atoms with van der Waals surface area (Å²) in [5.74, 6) is -0.415. The van der Waals surface area contributed by atoms with E-state index in [4.69, 9.17) is 5.73 Å². The van der Waals surface area contributed by atoms with Gasteiger partial charge in [0.15, 0.2) is 0 Å². The van der Waals surface area contributed by atoms with Crippen LogP contribution < -0.4 is 5.73 Å². The van der Waals surface area contributed by atoms with Crippen LogP contribution in [0.1, 0.15) is 10.4 Å². The summed E-state index contributed by atoms with van der Waals surface area (Å²) in [6.45, 7) is 0. The Morgan fingerprint density at radius 2 is 2.00 bits per heavy atom. The summed E-state index contributed by atoms with van der Waals surface area (Å²) in [6, 6.07) is 13.3. The summed E-state index contributed by atoms with van der Waals surface area (Å²) in [7, 11) is 1.90. The molecule has 1 heterocycles. The molecule has 0 aliphatic carbocycles. The molecule has 1 aromatic heterocycles. The minimum atomic E-state index is -0.415. The second kappa shape index (κ2) is 4.24. The molecular formula is C15H13N3O. The van der Waals surface area contributed by atoms with Crippen molar-refractivity contribution in [3.8, 4) is 11.1 Å². The van der Waals surface area contributed by atoms with Crippen LogP contribution in [0.2, 0.25) is 0 Å². The highest BCUT2D eigenvalue weighted by Crippen LogP contribution is 2.26. The minimum Gasteiger partial charge on any atom is -0.366 e. The van der Waals surface area contributed by atoms with Gasteiger partial charge in [-0.1, -0.05) is 24.3 Å². The summed E-state index contributed by atoms with van der Waals surface area (Å²) in [5.41, 5.74) is 8.82. The van der Waals surface area contributed by atoms with Crippen LogP contribution in [0.15, 0.2) is 48.7 Å². The zero-order valence-electron chi connectivity index (χ0n) is 10.5. The summed E-state index contributed by atoms with van der Waals surface area (Å²) in [4.78, 5) is 11.5.